The van der Waals surface area contributed by atoms with E-state index in [1.165, 1.54) is 32.2 Å². The molecule has 0 bridgehead atoms. The van der Waals surface area contributed by atoms with Crippen LogP contribution in [0.25, 0.3) is 0 Å². The third-order valence-corrected chi connectivity index (χ3v) is 2.48. The van der Waals surface area contributed by atoms with Gasteiger partial charge in [0.05, 0.1) is 6.10 Å². The van der Waals surface area contributed by atoms with Crippen LogP contribution in [0.1, 0.15) is 39.5 Å². The van der Waals surface area contributed by atoms with Crippen molar-refractivity contribution in [2.75, 3.05) is 13.2 Å². The first-order chi connectivity index (χ1) is 5.83. The van der Waals surface area contributed by atoms with Crippen LogP contribution in [-0.4, -0.2) is 25.3 Å². The quantitative estimate of drug-likeness (QED) is 0.698. The fourth-order valence-electron chi connectivity index (χ4n) is 1.88. The predicted molar refractivity (Wildman–Crippen MR) is 51.3 cm³/mol. The summed E-state index contributed by atoms with van der Waals surface area (Å²) in [6.07, 6.45) is 5.66. The molecular formula is C10H21NO. The van der Waals surface area contributed by atoms with Crippen LogP contribution in [0, 0.1) is 0 Å². The molecule has 0 aromatic carbocycles. The second kappa shape index (κ2) is 5.55. The molecule has 0 aromatic rings. The van der Waals surface area contributed by atoms with Crippen LogP contribution >= 0.6 is 0 Å². The molecule has 1 N–H and O–H groups in total. The van der Waals surface area contributed by atoms with Crippen molar-refractivity contribution in [3.8, 4) is 0 Å². The summed E-state index contributed by atoms with van der Waals surface area (Å²) in [6.45, 7) is 6.27. The van der Waals surface area contributed by atoms with Gasteiger partial charge in [0.15, 0.2) is 0 Å². The Labute approximate surface area is 75.7 Å². The fourth-order valence-corrected chi connectivity index (χ4v) is 1.88. The summed E-state index contributed by atoms with van der Waals surface area (Å²) in [5.74, 6) is 0. The van der Waals surface area contributed by atoms with Gasteiger partial charge in [0.25, 0.3) is 0 Å². The molecule has 2 nitrogen and oxygen atoms in total. The maximum absolute atomic E-state index is 5.50. The number of piperidine rings is 1. The zero-order valence-corrected chi connectivity index (χ0v) is 8.31. The van der Waals surface area contributed by atoms with Crippen molar-refractivity contribution >= 4 is 0 Å². The van der Waals surface area contributed by atoms with Crippen LogP contribution < -0.4 is 5.32 Å². The highest BCUT2D eigenvalue weighted by molar-refractivity contribution is 4.74. The second-order valence-electron chi connectivity index (χ2n) is 3.65. The molecule has 1 aliphatic rings. The smallest absolute Gasteiger partial charge is 0.0561 e. The van der Waals surface area contributed by atoms with Crippen LogP contribution in [0.15, 0.2) is 0 Å². The monoisotopic (exact) mass is 171 g/mol. The van der Waals surface area contributed by atoms with E-state index >= 15 is 0 Å². The molecule has 1 fully saturated rings. The largest absolute Gasteiger partial charge is 0.379 e. The number of nitrogens with one attached hydrogen (secondary N) is 1. The van der Waals surface area contributed by atoms with Crippen molar-refractivity contribution in [3.05, 3.63) is 0 Å². The Morgan fingerprint density at radius 3 is 2.92 bits per heavy atom. The molecule has 1 aliphatic heterocycles. The maximum Gasteiger partial charge on any atom is 0.0561 e. The number of hydrogen-bond acceptors (Lipinski definition) is 2. The SMILES string of the molecule is CCOC(C)CC1CCCCN1. The van der Waals surface area contributed by atoms with Gasteiger partial charge < -0.3 is 10.1 Å². The lowest BCUT2D eigenvalue weighted by Gasteiger charge is -2.25. The molecule has 0 saturated carbocycles. The third kappa shape index (κ3) is 3.55. The average Bonchev–Trinajstić information content (AvgIpc) is 2.06. The van der Waals surface area contributed by atoms with E-state index in [9.17, 15) is 0 Å². The summed E-state index contributed by atoms with van der Waals surface area (Å²) in [5.41, 5.74) is 0. The van der Waals surface area contributed by atoms with E-state index in [0.29, 0.717) is 12.1 Å². The molecule has 12 heavy (non-hydrogen) atoms. The van der Waals surface area contributed by atoms with Gasteiger partial charge in [-0.2, -0.15) is 0 Å². The van der Waals surface area contributed by atoms with Crippen molar-refractivity contribution in [2.24, 2.45) is 0 Å². The van der Waals surface area contributed by atoms with Gasteiger partial charge in [-0.25, -0.2) is 0 Å². The Kier molecular flexibility index (Phi) is 4.62. The van der Waals surface area contributed by atoms with Crippen molar-refractivity contribution < 1.29 is 4.74 Å². The Balaban J connectivity index is 2.11. The Bertz CT molecular complexity index is 110. The molecule has 0 amide bonds. The number of rotatable bonds is 4. The van der Waals surface area contributed by atoms with E-state index in [1.54, 1.807) is 0 Å². The van der Waals surface area contributed by atoms with Gasteiger partial charge in [-0.05, 0) is 39.7 Å². The highest BCUT2D eigenvalue weighted by atomic mass is 16.5. The van der Waals surface area contributed by atoms with E-state index in [-0.39, 0.29) is 0 Å². The first-order valence-electron chi connectivity index (χ1n) is 5.18. The molecule has 1 heterocycles. The Morgan fingerprint density at radius 2 is 2.33 bits per heavy atom. The molecule has 72 valence electrons. The molecule has 2 atom stereocenters. The van der Waals surface area contributed by atoms with Gasteiger partial charge in [0.2, 0.25) is 0 Å². The number of ether oxygens (including phenoxy) is 1. The molecule has 0 aliphatic carbocycles. The molecule has 2 unspecified atom stereocenters. The van der Waals surface area contributed by atoms with E-state index in [0.717, 1.165) is 6.61 Å². The molecular weight excluding hydrogens is 150 g/mol. The van der Waals surface area contributed by atoms with Crippen LogP contribution in [0.3, 0.4) is 0 Å². The van der Waals surface area contributed by atoms with Crippen molar-refractivity contribution in [1.29, 1.82) is 0 Å². The van der Waals surface area contributed by atoms with Crippen LogP contribution in [-0.2, 0) is 4.74 Å². The molecule has 1 saturated heterocycles. The van der Waals surface area contributed by atoms with Gasteiger partial charge in [0.1, 0.15) is 0 Å². The van der Waals surface area contributed by atoms with Gasteiger partial charge in [0, 0.05) is 12.6 Å². The summed E-state index contributed by atoms with van der Waals surface area (Å²) in [6, 6.07) is 0.709. The summed E-state index contributed by atoms with van der Waals surface area (Å²) >= 11 is 0. The normalized spacial score (nSPS) is 27.0. The van der Waals surface area contributed by atoms with E-state index in [4.69, 9.17) is 4.74 Å². The topological polar surface area (TPSA) is 21.3 Å². The number of hydrogen-bond donors (Lipinski definition) is 1. The van der Waals surface area contributed by atoms with E-state index in [1.807, 2.05) is 0 Å². The van der Waals surface area contributed by atoms with Gasteiger partial charge in [-0.15, -0.1) is 0 Å². The van der Waals surface area contributed by atoms with Crippen LogP contribution in [0.5, 0.6) is 0 Å². The van der Waals surface area contributed by atoms with Crippen LogP contribution in [0.2, 0.25) is 0 Å². The van der Waals surface area contributed by atoms with E-state index in [2.05, 4.69) is 19.2 Å². The fraction of sp³-hybridized carbons (Fsp3) is 1.00. The van der Waals surface area contributed by atoms with Crippen LogP contribution in [0.4, 0.5) is 0 Å². The molecule has 0 aromatic heterocycles. The zero-order valence-electron chi connectivity index (χ0n) is 8.31. The van der Waals surface area contributed by atoms with Gasteiger partial charge in [-0.3, -0.25) is 0 Å². The summed E-state index contributed by atoms with van der Waals surface area (Å²) in [5, 5.41) is 3.53. The minimum Gasteiger partial charge on any atom is -0.379 e. The van der Waals surface area contributed by atoms with Gasteiger partial charge >= 0.3 is 0 Å². The first-order valence-corrected chi connectivity index (χ1v) is 5.18. The molecule has 1 rings (SSSR count). The Morgan fingerprint density at radius 1 is 1.50 bits per heavy atom. The summed E-state index contributed by atoms with van der Waals surface area (Å²) < 4.78 is 5.50. The minimum absolute atomic E-state index is 0.422. The zero-order chi connectivity index (χ0) is 8.81. The lowest BCUT2D eigenvalue weighted by molar-refractivity contribution is 0.0599. The van der Waals surface area contributed by atoms with Crippen molar-refractivity contribution in [3.63, 3.8) is 0 Å². The molecule has 2 heteroatoms. The summed E-state index contributed by atoms with van der Waals surface area (Å²) in [4.78, 5) is 0. The average molecular weight is 171 g/mol. The maximum atomic E-state index is 5.50. The Hall–Kier alpha value is -0.0800. The third-order valence-electron chi connectivity index (χ3n) is 2.48. The summed E-state index contributed by atoms with van der Waals surface area (Å²) in [7, 11) is 0. The molecule has 0 radical (unpaired) electrons. The second-order valence-corrected chi connectivity index (χ2v) is 3.65. The molecule has 0 spiro atoms. The predicted octanol–water partition coefficient (Wildman–Crippen LogP) is 1.94. The first kappa shape index (κ1) is 10.0. The standard InChI is InChI=1S/C10H21NO/c1-3-12-9(2)8-10-6-4-5-7-11-10/h9-11H,3-8H2,1-2H3. The van der Waals surface area contributed by atoms with E-state index < -0.39 is 0 Å². The lowest BCUT2D eigenvalue weighted by Crippen LogP contribution is -2.36. The van der Waals surface area contributed by atoms with Crippen molar-refractivity contribution in [2.45, 2.75) is 51.7 Å². The minimum atomic E-state index is 0.422. The highest BCUT2D eigenvalue weighted by Gasteiger charge is 2.15. The van der Waals surface area contributed by atoms with Crippen molar-refractivity contribution in [1.82, 2.24) is 5.32 Å². The highest BCUT2D eigenvalue weighted by Crippen LogP contribution is 2.13. The van der Waals surface area contributed by atoms with Gasteiger partial charge in [-0.1, -0.05) is 6.42 Å². The lowest BCUT2D eigenvalue weighted by atomic mass is 10.00.